The highest BCUT2D eigenvalue weighted by molar-refractivity contribution is 5.96. The molecule has 0 spiro atoms. The van der Waals surface area contributed by atoms with E-state index >= 15 is 0 Å². The lowest BCUT2D eigenvalue weighted by atomic mass is 9.86. The molecule has 0 radical (unpaired) electrons. The van der Waals surface area contributed by atoms with Gasteiger partial charge in [0, 0.05) is 24.2 Å². The van der Waals surface area contributed by atoms with Crippen molar-refractivity contribution >= 4 is 11.9 Å². The number of fused-ring (bicyclic) bond motifs is 2. The number of Topliss-reactive ketones (excluding diaryl/α,β-unsaturated/α-hetero) is 1. The summed E-state index contributed by atoms with van der Waals surface area (Å²) in [6, 6.07) is 14.9. The molecule has 3 heterocycles. The Labute approximate surface area is 163 Å². The maximum atomic E-state index is 12.8. The molecular formula is C22H21N3O3. The van der Waals surface area contributed by atoms with Gasteiger partial charge in [-0.2, -0.15) is 5.26 Å². The molecule has 142 valence electrons. The SMILES string of the molecule is N#Cc1ccc(C(=O)C2CC3CCC(C2)N3C(=O)OCc2ccccc2)nc1. The lowest BCUT2D eigenvalue weighted by Gasteiger charge is -2.37. The number of hydrogen-bond donors (Lipinski definition) is 0. The number of nitrogens with zero attached hydrogens (tertiary/aromatic N) is 3. The quantitative estimate of drug-likeness (QED) is 0.761. The molecular weight excluding hydrogens is 354 g/mol. The molecule has 2 saturated heterocycles. The monoisotopic (exact) mass is 375 g/mol. The predicted molar refractivity (Wildman–Crippen MR) is 101 cm³/mol. The Bertz CT molecular complexity index is 891. The Balaban J connectivity index is 1.39. The highest BCUT2D eigenvalue weighted by atomic mass is 16.6. The summed E-state index contributed by atoms with van der Waals surface area (Å²) in [5.74, 6) is -0.144. The van der Waals surface area contributed by atoms with Gasteiger partial charge in [0.05, 0.1) is 5.56 Å². The van der Waals surface area contributed by atoms with Gasteiger partial charge in [0.25, 0.3) is 0 Å². The van der Waals surface area contributed by atoms with Crippen molar-refractivity contribution < 1.29 is 14.3 Å². The zero-order valence-electron chi connectivity index (χ0n) is 15.5. The second-order valence-electron chi connectivity index (χ2n) is 7.41. The van der Waals surface area contributed by atoms with Crippen molar-refractivity contribution in [3.63, 3.8) is 0 Å². The Kier molecular flexibility index (Phi) is 5.07. The molecule has 0 N–H and O–H groups in total. The molecule has 1 amide bonds. The Morgan fingerprint density at radius 2 is 1.82 bits per heavy atom. The average Bonchev–Trinajstić information content (AvgIpc) is 3.01. The van der Waals surface area contributed by atoms with Crippen LogP contribution in [0, 0.1) is 17.2 Å². The molecule has 6 heteroatoms. The Hall–Kier alpha value is -3.20. The number of hydrogen-bond acceptors (Lipinski definition) is 5. The molecule has 2 unspecified atom stereocenters. The molecule has 28 heavy (non-hydrogen) atoms. The van der Waals surface area contributed by atoms with Crippen molar-refractivity contribution in [3.05, 3.63) is 65.5 Å². The van der Waals surface area contributed by atoms with Gasteiger partial charge in [0.15, 0.2) is 5.78 Å². The molecule has 1 aromatic carbocycles. The van der Waals surface area contributed by atoms with Gasteiger partial charge in [0.2, 0.25) is 0 Å². The number of amides is 1. The number of aromatic nitrogens is 1. The smallest absolute Gasteiger partial charge is 0.410 e. The van der Waals surface area contributed by atoms with Crippen molar-refractivity contribution in [2.24, 2.45) is 5.92 Å². The van der Waals surface area contributed by atoms with Crippen molar-refractivity contribution in [2.75, 3.05) is 0 Å². The van der Waals surface area contributed by atoms with Gasteiger partial charge in [-0.3, -0.25) is 9.78 Å². The predicted octanol–water partition coefficient (Wildman–Crippen LogP) is 3.72. The number of carbonyl (C=O) groups excluding carboxylic acids is 2. The first-order chi connectivity index (χ1) is 13.7. The number of benzene rings is 1. The van der Waals surface area contributed by atoms with E-state index in [1.54, 1.807) is 12.1 Å². The minimum atomic E-state index is -0.293. The second kappa shape index (κ2) is 7.81. The highest BCUT2D eigenvalue weighted by Gasteiger charge is 2.46. The fraction of sp³-hybridized carbons (Fsp3) is 0.364. The topological polar surface area (TPSA) is 83.3 Å². The Morgan fingerprint density at radius 1 is 1.11 bits per heavy atom. The summed E-state index contributed by atoms with van der Waals surface area (Å²) in [4.78, 5) is 31.4. The summed E-state index contributed by atoms with van der Waals surface area (Å²) in [5.41, 5.74) is 1.79. The lowest BCUT2D eigenvalue weighted by molar-refractivity contribution is 0.0483. The number of nitriles is 1. The minimum Gasteiger partial charge on any atom is -0.445 e. The van der Waals surface area contributed by atoms with E-state index < -0.39 is 0 Å². The summed E-state index contributed by atoms with van der Waals surface area (Å²) < 4.78 is 5.51. The van der Waals surface area contributed by atoms with Crippen LogP contribution in [0.3, 0.4) is 0 Å². The molecule has 4 rings (SSSR count). The highest BCUT2D eigenvalue weighted by Crippen LogP contribution is 2.40. The van der Waals surface area contributed by atoms with Gasteiger partial charge in [-0.05, 0) is 43.4 Å². The van der Waals surface area contributed by atoms with Crippen LogP contribution in [0.2, 0.25) is 0 Å². The molecule has 1 aromatic heterocycles. The first-order valence-corrected chi connectivity index (χ1v) is 9.55. The van der Waals surface area contributed by atoms with Crippen molar-refractivity contribution in [1.29, 1.82) is 5.26 Å². The fourth-order valence-electron chi connectivity index (χ4n) is 4.30. The number of carbonyl (C=O) groups is 2. The first-order valence-electron chi connectivity index (χ1n) is 9.55. The summed E-state index contributed by atoms with van der Waals surface area (Å²) in [5, 5.41) is 8.87. The molecule has 2 atom stereocenters. The Morgan fingerprint density at radius 3 is 2.43 bits per heavy atom. The molecule has 0 aliphatic carbocycles. The van der Waals surface area contributed by atoms with Gasteiger partial charge >= 0.3 is 6.09 Å². The lowest BCUT2D eigenvalue weighted by Crippen LogP contribution is -2.48. The number of ether oxygens (including phenoxy) is 1. The van der Waals surface area contributed by atoms with E-state index in [1.165, 1.54) is 6.20 Å². The van der Waals surface area contributed by atoms with E-state index in [0.29, 0.717) is 24.1 Å². The van der Waals surface area contributed by atoms with E-state index in [9.17, 15) is 9.59 Å². The summed E-state index contributed by atoms with van der Waals surface area (Å²) in [6.45, 7) is 0.257. The van der Waals surface area contributed by atoms with Crippen LogP contribution in [-0.4, -0.2) is 33.8 Å². The molecule has 2 aliphatic rings. The van der Waals surface area contributed by atoms with E-state index in [2.05, 4.69) is 4.98 Å². The third-order valence-corrected chi connectivity index (χ3v) is 5.66. The molecule has 2 fully saturated rings. The van der Waals surface area contributed by atoms with Crippen molar-refractivity contribution in [1.82, 2.24) is 9.88 Å². The standard InChI is InChI=1S/C22H21N3O3/c23-12-16-6-9-20(24-13-16)21(26)17-10-18-7-8-19(11-17)25(18)22(27)28-14-15-4-2-1-3-5-15/h1-6,9,13,17-19H,7-8,10-11,14H2. The van der Waals surface area contributed by atoms with E-state index in [4.69, 9.17) is 10.00 Å². The van der Waals surface area contributed by atoms with Crippen molar-refractivity contribution in [3.8, 4) is 6.07 Å². The van der Waals surface area contributed by atoms with Crippen LogP contribution in [0.15, 0.2) is 48.7 Å². The summed E-state index contributed by atoms with van der Waals surface area (Å²) >= 11 is 0. The van der Waals surface area contributed by atoms with Crippen LogP contribution < -0.4 is 0 Å². The summed E-state index contributed by atoms with van der Waals surface area (Å²) in [6.07, 6.45) is 4.21. The van der Waals surface area contributed by atoms with Crippen LogP contribution in [0.1, 0.15) is 47.3 Å². The van der Waals surface area contributed by atoms with Gasteiger partial charge in [0.1, 0.15) is 18.4 Å². The molecule has 2 bridgehead atoms. The zero-order valence-corrected chi connectivity index (χ0v) is 15.5. The van der Waals surface area contributed by atoms with Crippen LogP contribution in [-0.2, 0) is 11.3 Å². The number of pyridine rings is 1. The number of rotatable bonds is 4. The van der Waals surface area contributed by atoms with Gasteiger partial charge in [-0.15, -0.1) is 0 Å². The zero-order chi connectivity index (χ0) is 19.5. The third kappa shape index (κ3) is 3.61. The van der Waals surface area contributed by atoms with Gasteiger partial charge in [-0.25, -0.2) is 4.79 Å². The normalized spacial score (nSPS) is 23.1. The molecule has 6 nitrogen and oxygen atoms in total. The summed E-state index contributed by atoms with van der Waals surface area (Å²) in [7, 11) is 0. The molecule has 0 saturated carbocycles. The van der Waals surface area contributed by atoms with Crippen molar-refractivity contribution in [2.45, 2.75) is 44.4 Å². The molecule has 2 aliphatic heterocycles. The third-order valence-electron chi connectivity index (χ3n) is 5.66. The van der Waals surface area contributed by atoms with Gasteiger partial charge in [-0.1, -0.05) is 30.3 Å². The number of ketones is 1. The maximum absolute atomic E-state index is 12.8. The first kappa shape index (κ1) is 18.2. The average molecular weight is 375 g/mol. The largest absolute Gasteiger partial charge is 0.445 e. The van der Waals surface area contributed by atoms with Crippen LogP contribution in [0.5, 0.6) is 0 Å². The van der Waals surface area contributed by atoms with Crippen LogP contribution in [0.25, 0.3) is 0 Å². The van der Waals surface area contributed by atoms with E-state index in [1.807, 2.05) is 41.3 Å². The van der Waals surface area contributed by atoms with E-state index in [0.717, 1.165) is 18.4 Å². The second-order valence-corrected chi connectivity index (χ2v) is 7.41. The maximum Gasteiger partial charge on any atom is 0.410 e. The van der Waals surface area contributed by atoms with E-state index in [-0.39, 0.29) is 36.5 Å². The minimum absolute atomic E-state index is 0.00121. The fourth-order valence-corrected chi connectivity index (χ4v) is 4.30. The van der Waals surface area contributed by atoms with Crippen LogP contribution >= 0.6 is 0 Å². The molecule has 2 aromatic rings. The van der Waals surface area contributed by atoms with Crippen LogP contribution in [0.4, 0.5) is 4.79 Å². The van der Waals surface area contributed by atoms with Gasteiger partial charge < -0.3 is 9.64 Å². The number of piperidine rings is 1.